The van der Waals surface area contributed by atoms with E-state index in [1.165, 1.54) is 16.4 Å². The Morgan fingerprint density at radius 3 is 2.55 bits per heavy atom. The minimum absolute atomic E-state index is 0.0750. The van der Waals surface area contributed by atoms with Gasteiger partial charge in [0.15, 0.2) is 0 Å². The summed E-state index contributed by atoms with van der Waals surface area (Å²) in [5.74, 6) is -0.358. The van der Waals surface area contributed by atoms with Crippen LogP contribution in [0.1, 0.15) is 49.4 Å². The quantitative estimate of drug-likeness (QED) is 0.741. The molecule has 2 heterocycles. The Labute approximate surface area is 172 Å². The fourth-order valence-electron chi connectivity index (χ4n) is 4.10. The zero-order chi connectivity index (χ0) is 21.0. The van der Waals surface area contributed by atoms with Crippen molar-refractivity contribution in [2.24, 2.45) is 0 Å². The first kappa shape index (κ1) is 21.5. The van der Waals surface area contributed by atoms with E-state index in [9.17, 15) is 18.0 Å². The van der Waals surface area contributed by atoms with Crippen LogP contribution < -0.4 is 5.32 Å². The standard InChI is InChI=1S/C21H29N3O4S/c1-3-20(25)22-18-10-13-24(16(2)14-18)29(27,28)19-9-7-8-17(15-19)21(26)23-11-5-4-6-12-23/h3,7-9,15-16,18H,1,4-6,10-14H2,2H3,(H,22,25). The SMILES string of the molecule is C=CC(=O)NC1CCN(S(=O)(=O)c2cccc(C(=O)N3CCCCC3)c2)C(C)C1. The van der Waals surface area contributed by atoms with E-state index in [2.05, 4.69) is 11.9 Å². The summed E-state index contributed by atoms with van der Waals surface area (Å²) < 4.78 is 27.9. The van der Waals surface area contributed by atoms with Crippen LogP contribution in [0, 0.1) is 0 Å². The van der Waals surface area contributed by atoms with Gasteiger partial charge in [0.1, 0.15) is 0 Å². The zero-order valence-electron chi connectivity index (χ0n) is 16.8. The minimum atomic E-state index is -3.73. The molecule has 2 atom stereocenters. The lowest BCUT2D eigenvalue weighted by Gasteiger charge is -2.36. The fourth-order valence-corrected chi connectivity index (χ4v) is 5.81. The van der Waals surface area contributed by atoms with Crippen LogP contribution in [0.5, 0.6) is 0 Å². The van der Waals surface area contributed by atoms with Gasteiger partial charge >= 0.3 is 0 Å². The Morgan fingerprint density at radius 1 is 1.17 bits per heavy atom. The second-order valence-electron chi connectivity index (χ2n) is 7.78. The van der Waals surface area contributed by atoms with Crippen molar-refractivity contribution in [2.75, 3.05) is 19.6 Å². The monoisotopic (exact) mass is 419 g/mol. The van der Waals surface area contributed by atoms with Crippen molar-refractivity contribution in [1.29, 1.82) is 0 Å². The summed E-state index contributed by atoms with van der Waals surface area (Å²) in [4.78, 5) is 26.2. The van der Waals surface area contributed by atoms with Gasteiger partial charge in [-0.25, -0.2) is 8.42 Å². The third kappa shape index (κ3) is 4.87. The third-order valence-corrected chi connectivity index (χ3v) is 7.69. The van der Waals surface area contributed by atoms with Gasteiger partial charge in [-0.1, -0.05) is 12.6 Å². The second-order valence-corrected chi connectivity index (χ2v) is 9.67. The lowest BCUT2D eigenvalue weighted by Crippen LogP contribution is -2.50. The van der Waals surface area contributed by atoms with Crippen LogP contribution in [0.2, 0.25) is 0 Å². The number of rotatable bonds is 5. The molecule has 7 nitrogen and oxygen atoms in total. The average molecular weight is 420 g/mol. The molecule has 0 radical (unpaired) electrons. The van der Waals surface area contributed by atoms with Crippen LogP contribution in [-0.4, -0.2) is 61.2 Å². The van der Waals surface area contributed by atoms with Crippen LogP contribution >= 0.6 is 0 Å². The van der Waals surface area contributed by atoms with E-state index in [0.29, 0.717) is 24.9 Å². The highest BCUT2D eigenvalue weighted by molar-refractivity contribution is 7.89. The highest BCUT2D eigenvalue weighted by atomic mass is 32.2. The molecule has 2 aliphatic rings. The zero-order valence-corrected chi connectivity index (χ0v) is 17.7. The lowest BCUT2D eigenvalue weighted by atomic mass is 10.0. The van der Waals surface area contributed by atoms with Crippen molar-refractivity contribution < 1.29 is 18.0 Å². The van der Waals surface area contributed by atoms with Crippen LogP contribution in [0.4, 0.5) is 0 Å². The van der Waals surface area contributed by atoms with Gasteiger partial charge in [0, 0.05) is 37.3 Å². The van der Waals surface area contributed by atoms with Gasteiger partial charge in [0.2, 0.25) is 15.9 Å². The number of hydrogen-bond donors (Lipinski definition) is 1. The molecule has 8 heteroatoms. The summed E-state index contributed by atoms with van der Waals surface area (Å²) in [5, 5.41) is 2.84. The Hall–Kier alpha value is -2.19. The number of carbonyl (C=O) groups excluding carboxylic acids is 2. The van der Waals surface area contributed by atoms with Crippen molar-refractivity contribution >= 4 is 21.8 Å². The van der Waals surface area contributed by atoms with Gasteiger partial charge < -0.3 is 10.2 Å². The number of hydrogen-bond acceptors (Lipinski definition) is 4. The van der Waals surface area contributed by atoms with Gasteiger partial charge in [-0.05, 0) is 63.3 Å². The number of nitrogens with one attached hydrogen (secondary N) is 1. The summed E-state index contributed by atoms with van der Waals surface area (Å²) in [6, 6.07) is 6.01. The molecule has 3 rings (SSSR count). The van der Waals surface area contributed by atoms with Crippen LogP contribution in [0.3, 0.4) is 0 Å². The molecule has 158 valence electrons. The van der Waals surface area contributed by atoms with Crippen molar-refractivity contribution in [3.8, 4) is 0 Å². The maximum atomic E-state index is 13.2. The molecule has 1 aromatic rings. The molecular weight excluding hydrogens is 390 g/mol. The molecule has 0 aromatic heterocycles. The number of carbonyl (C=O) groups is 2. The highest BCUT2D eigenvalue weighted by Crippen LogP contribution is 2.26. The van der Waals surface area contributed by atoms with E-state index in [4.69, 9.17) is 0 Å². The van der Waals surface area contributed by atoms with Crippen LogP contribution in [0.25, 0.3) is 0 Å². The van der Waals surface area contributed by atoms with E-state index in [0.717, 1.165) is 32.4 Å². The molecule has 2 aliphatic heterocycles. The van der Waals surface area contributed by atoms with Crippen LogP contribution in [0.15, 0.2) is 41.8 Å². The Bertz CT molecular complexity index is 878. The maximum absolute atomic E-state index is 13.2. The molecule has 2 saturated heterocycles. The molecule has 2 amide bonds. The molecule has 1 N–H and O–H groups in total. The number of benzene rings is 1. The molecular formula is C21H29N3O4S. The molecule has 2 fully saturated rings. The number of nitrogens with zero attached hydrogens (tertiary/aromatic N) is 2. The molecule has 0 saturated carbocycles. The van der Waals surface area contributed by atoms with Crippen molar-refractivity contribution in [3.63, 3.8) is 0 Å². The predicted molar refractivity (Wildman–Crippen MR) is 111 cm³/mol. The molecule has 0 bridgehead atoms. The molecule has 1 aromatic carbocycles. The van der Waals surface area contributed by atoms with E-state index in [-0.39, 0.29) is 28.8 Å². The van der Waals surface area contributed by atoms with E-state index in [1.807, 2.05) is 6.92 Å². The Morgan fingerprint density at radius 2 is 1.90 bits per heavy atom. The van der Waals surface area contributed by atoms with Gasteiger partial charge in [-0.15, -0.1) is 0 Å². The topological polar surface area (TPSA) is 86.8 Å². The summed E-state index contributed by atoms with van der Waals surface area (Å²) in [5.41, 5.74) is 0.411. The van der Waals surface area contributed by atoms with Crippen molar-refractivity contribution in [3.05, 3.63) is 42.5 Å². The normalized spacial score (nSPS) is 23.4. The molecule has 2 unspecified atom stereocenters. The number of piperidine rings is 2. The van der Waals surface area contributed by atoms with E-state index in [1.54, 1.807) is 23.1 Å². The largest absolute Gasteiger partial charge is 0.350 e. The number of amides is 2. The molecule has 0 aliphatic carbocycles. The summed E-state index contributed by atoms with van der Waals surface area (Å²) in [6.45, 7) is 7.04. The van der Waals surface area contributed by atoms with Crippen molar-refractivity contribution in [2.45, 2.75) is 56.0 Å². The second kappa shape index (κ2) is 9.09. The number of likely N-dealkylation sites (tertiary alicyclic amines) is 1. The lowest BCUT2D eigenvalue weighted by molar-refractivity contribution is -0.117. The summed E-state index contributed by atoms with van der Waals surface area (Å²) in [6.07, 6.45) is 5.38. The number of sulfonamides is 1. The third-order valence-electron chi connectivity index (χ3n) is 5.68. The van der Waals surface area contributed by atoms with Gasteiger partial charge in [0.05, 0.1) is 4.90 Å². The fraction of sp³-hybridized carbons (Fsp3) is 0.524. The smallest absolute Gasteiger partial charge is 0.253 e. The average Bonchev–Trinajstić information content (AvgIpc) is 2.73. The molecule has 29 heavy (non-hydrogen) atoms. The Kier molecular flexibility index (Phi) is 6.74. The molecule has 0 spiro atoms. The van der Waals surface area contributed by atoms with Gasteiger partial charge in [-0.2, -0.15) is 4.31 Å². The van der Waals surface area contributed by atoms with E-state index < -0.39 is 10.0 Å². The van der Waals surface area contributed by atoms with Crippen molar-refractivity contribution in [1.82, 2.24) is 14.5 Å². The maximum Gasteiger partial charge on any atom is 0.253 e. The minimum Gasteiger partial charge on any atom is -0.350 e. The predicted octanol–water partition coefficient (Wildman–Crippen LogP) is 2.16. The summed E-state index contributed by atoms with van der Waals surface area (Å²) >= 11 is 0. The van der Waals surface area contributed by atoms with Gasteiger partial charge in [0.25, 0.3) is 5.91 Å². The first-order valence-corrected chi connectivity index (χ1v) is 11.6. The van der Waals surface area contributed by atoms with Crippen LogP contribution in [-0.2, 0) is 14.8 Å². The first-order chi connectivity index (χ1) is 13.8. The summed E-state index contributed by atoms with van der Waals surface area (Å²) in [7, 11) is -3.73. The van der Waals surface area contributed by atoms with Gasteiger partial charge in [-0.3, -0.25) is 9.59 Å². The highest BCUT2D eigenvalue weighted by Gasteiger charge is 2.35. The Balaban J connectivity index is 1.75. The first-order valence-electron chi connectivity index (χ1n) is 10.2. The van der Waals surface area contributed by atoms with E-state index >= 15 is 0 Å².